The Bertz CT molecular complexity index is 1110. The van der Waals surface area contributed by atoms with E-state index in [1.54, 1.807) is 31.0 Å². The number of carbonyl (C=O) groups is 1. The summed E-state index contributed by atoms with van der Waals surface area (Å²) in [7, 11) is -1.87. The van der Waals surface area contributed by atoms with Crippen molar-refractivity contribution in [3.63, 3.8) is 0 Å². The monoisotopic (exact) mass is 504 g/mol. The molecule has 1 unspecified atom stereocenters. The van der Waals surface area contributed by atoms with Gasteiger partial charge in [-0.05, 0) is 92.0 Å². The second-order valence-corrected chi connectivity index (χ2v) is 12.0. The molecule has 0 aromatic heterocycles. The molecule has 34 heavy (non-hydrogen) atoms. The van der Waals surface area contributed by atoms with E-state index in [1.807, 2.05) is 38.3 Å². The van der Waals surface area contributed by atoms with Gasteiger partial charge in [-0.15, -0.1) is 11.8 Å². The van der Waals surface area contributed by atoms with Crippen LogP contribution in [0.3, 0.4) is 0 Å². The van der Waals surface area contributed by atoms with E-state index in [0.717, 1.165) is 27.3 Å². The molecule has 2 aromatic rings. The minimum atomic E-state index is -3.55. The largest absolute Gasteiger partial charge is 0.496 e. The molecule has 1 heterocycles. The molecule has 1 atom stereocenters. The second kappa shape index (κ2) is 11.1. The highest BCUT2D eigenvalue weighted by atomic mass is 32.2. The average molecular weight is 505 g/mol. The molecule has 1 aliphatic heterocycles. The third-order valence-electron chi connectivity index (χ3n) is 6.59. The highest BCUT2D eigenvalue weighted by molar-refractivity contribution is 7.98. The molecular weight excluding hydrogens is 468 g/mol. The van der Waals surface area contributed by atoms with Gasteiger partial charge in [-0.1, -0.05) is 13.8 Å². The van der Waals surface area contributed by atoms with Crippen LogP contribution in [0.25, 0.3) is 0 Å². The molecule has 8 heteroatoms. The molecule has 1 amide bonds. The van der Waals surface area contributed by atoms with Crippen LogP contribution in [0.15, 0.2) is 46.2 Å². The van der Waals surface area contributed by atoms with E-state index in [4.69, 9.17) is 4.74 Å². The van der Waals surface area contributed by atoms with E-state index >= 15 is 0 Å². The molecule has 2 aromatic carbocycles. The van der Waals surface area contributed by atoms with Gasteiger partial charge in [-0.25, -0.2) is 8.42 Å². The summed E-state index contributed by atoms with van der Waals surface area (Å²) >= 11 is 1.58. The van der Waals surface area contributed by atoms with Crippen LogP contribution in [0.1, 0.15) is 62.3 Å². The smallest absolute Gasteiger partial charge is 0.243 e. The predicted octanol–water partition coefficient (Wildman–Crippen LogP) is 5.13. The maximum absolute atomic E-state index is 13.0. The molecule has 186 valence electrons. The van der Waals surface area contributed by atoms with Crippen molar-refractivity contribution in [3.05, 3.63) is 53.1 Å². The van der Waals surface area contributed by atoms with Crippen LogP contribution in [0.2, 0.25) is 0 Å². The zero-order valence-corrected chi connectivity index (χ0v) is 22.6. The van der Waals surface area contributed by atoms with Crippen molar-refractivity contribution in [1.29, 1.82) is 0 Å². The Balaban J connectivity index is 1.64. The van der Waals surface area contributed by atoms with Crippen LogP contribution in [0, 0.1) is 12.8 Å². The second-order valence-electron chi connectivity index (χ2n) is 9.19. The molecule has 1 aliphatic rings. The molecule has 1 saturated heterocycles. The van der Waals surface area contributed by atoms with Crippen LogP contribution in [0.5, 0.6) is 5.75 Å². The number of hydrogen-bond acceptors (Lipinski definition) is 5. The van der Waals surface area contributed by atoms with Gasteiger partial charge >= 0.3 is 0 Å². The van der Waals surface area contributed by atoms with Crippen molar-refractivity contribution < 1.29 is 17.9 Å². The van der Waals surface area contributed by atoms with E-state index in [-0.39, 0.29) is 17.9 Å². The summed E-state index contributed by atoms with van der Waals surface area (Å²) < 4.78 is 33.1. The van der Waals surface area contributed by atoms with Crippen molar-refractivity contribution in [3.8, 4) is 5.75 Å². The Labute approximate surface area is 208 Å². The first-order valence-electron chi connectivity index (χ1n) is 11.7. The topological polar surface area (TPSA) is 75.7 Å². The molecule has 6 nitrogen and oxygen atoms in total. The highest BCUT2D eigenvalue weighted by Gasteiger charge is 2.32. The predicted molar refractivity (Wildman–Crippen MR) is 138 cm³/mol. The van der Waals surface area contributed by atoms with E-state index in [0.29, 0.717) is 36.7 Å². The number of carbonyl (C=O) groups excluding carboxylic acids is 1. The maximum atomic E-state index is 13.0. The summed E-state index contributed by atoms with van der Waals surface area (Å²) in [6.45, 7) is 8.96. The molecule has 0 bridgehead atoms. The van der Waals surface area contributed by atoms with E-state index in [2.05, 4.69) is 25.2 Å². The third-order valence-corrected chi connectivity index (χ3v) is 9.24. The van der Waals surface area contributed by atoms with E-state index in [9.17, 15) is 13.2 Å². The number of thioether (sulfide) groups is 1. The molecule has 3 rings (SSSR count). The zero-order valence-electron chi connectivity index (χ0n) is 20.9. The van der Waals surface area contributed by atoms with Crippen LogP contribution in [0.4, 0.5) is 0 Å². The minimum Gasteiger partial charge on any atom is -0.496 e. The lowest BCUT2D eigenvalue weighted by atomic mass is 9.92. The van der Waals surface area contributed by atoms with Gasteiger partial charge in [-0.3, -0.25) is 4.79 Å². The first-order valence-corrected chi connectivity index (χ1v) is 14.4. The standard InChI is InChI=1S/C26H36N2O4S2/c1-17(2)23-16-24(18(3)15-25(23)32-5)19(4)27-26(29)20-11-13-28(14-12-20)34(30,31)22-9-7-21(33-6)8-10-22/h7-10,15-17,19-20H,11-14H2,1-6H3,(H,27,29). The summed E-state index contributed by atoms with van der Waals surface area (Å²) in [4.78, 5) is 14.4. The molecule has 1 fully saturated rings. The lowest BCUT2D eigenvalue weighted by molar-refractivity contribution is -0.126. The Morgan fingerprint density at radius 1 is 1.09 bits per heavy atom. The van der Waals surface area contributed by atoms with Crippen LogP contribution < -0.4 is 10.1 Å². The fourth-order valence-electron chi connectivity index (χ4n) is 4.47. The van der Waals surface area contributed by atoms with Crippen molar-refractivity contribution in [2.24, 2.45) is 5.92 Å². The van der Waals surface area contributed by atoms with Gasteiger partial charge in [-0.2, -0.15) is 4.31 Å². The Hall–Kier alpha value is -2.03. The SMILES string of the molecule is COc1cc(C)c(C(C)NC(=O)C2CCN(S(=O)(=O)c3ccc(SC)cc3)CC2)cc1C(C)C. The number of benzene rings is 2. The number of nitrogens with one attached hydrogen (secondary N) is 1. The first kappa shape index (κ1) is 26.6. The highest BCUT2D eigenvalue weighted by Crippen LogP contribution is 2.32. The number of aryl methyl sites for hydroxylation is 1. The van der Waals surface area contributed by atoms with Crippen LogP contribution >= 0.6 is 11.8 Å². The number of ether oxygens (including phenoxy) is 1. The van der Waals surface area contributed by atoms with Gasteiger partial charge in [0.05, 0.1) is 18.0 Å². The molecule has 1 N–H and O–H groups in total. The van der Waals surface area contributed by atoms with Crippen molar-refractivity contribution in [1.82, 2.24) is 9.62 Å². The van der Waals surface area contributed by atoms with Crippen molar-refractivity contribution in [2.75, 3.05) is 26.5 Å². The summed E-state index contributed by atoms with van der Waals surface area (Å²) in [6.07, 6.45) is 2.98. The number of piperidine rings is 1. The van der Waals surface area contributed by atoms with Gasteiger partial charge in [0.25, 0.3) is 0 Å². The number of nitrogens with zero attached hydrogens (tertiary/aromatic N) is 1. The fourth-order valence-corrected chi connectivity index (χ4v) is 6.35. The summed E-state index contributed by atoms with van der Waals surface area (Å²) in [6, 6.07) is 11.0. The minimum absolute atomic E-state index is 0.0183. The summed E-state index contributed by atoms with van der Waals surface area (Å²) in [5.74, 6) is 0.956. The van der Waals surface area contributed by atoms with Crippen LogP contribution in [-0.4, -0.2) is 45.1 Å². The van der Waals surface area contributed by atoms with Crippen LogP contribution in [-0.2, 0) is 14.8 Å². The lowest BCUT2D eigenvalue weighted by Gasteiger charge is -2.31. The van der Waals surface area contributed by atoms with E-state index in [1.165, 1.54) is 4.31 Å². The van der Waals surface area contributed by atoms with E-state index < -0.39 is 10.0 Å². The quantitative estimate of drug-likeness (QED) is 0.505. The maximum Gasteiger partial charge on any atom is 0.243 e. The molecule has 0 saturated carbocycles. The summed E-state index contributed by atoms with van der Waals surface area (Å²) in [5, 5.41) is 3.16. The van der Waals surface area contributed by atoms with Crippen molar-refractivity contribution >= 4 is 27.7 Å². The van der Waals surface area contributed by atoms with Crippen molar-refractivity contribution in [2.45, 2.75) is 62.3 Å². The Morgan fingerprint density at radius 3 is 2.24 bits per heavy atom. The molecule has 0 radical (unpaired) electrons. The van der Waals surface area contributed by atoms with Gasteiger partial charge in [0.1, 0.15) is 5.75 Å². The summed E-state index contributed by atoms with van der Waals surface area (Å²) in [5.41, 5.74) is 3.27. The number of methoxy groups -OCH3 is 1. The van der Waals surface area contributed by atoms with Gasteiger partial charge in [0.2, 0.25) is 15.9 Å². The Kier molecular flexibility index (Phi) is 8.71. The lowest BCUT2D eigenvalue weighted by Crippen LogP contribution is -2.43. The fraction of sp³-hybridized carbons (Fsp3) is 0.500. The van der Waals surface area contributed by atoms with Gasteiger partial charge < -0.3 is 10.1 Å². The average Bonchev–Trinajstić information content (AvgIpc) is 2.83. The molecule has 0 aliphatic carbocycles. The molecular formula is C26H36N2O4S2. The molecule has 0 spiro atoms. The normalized spacial score (nSPS) is 16.4. The Morgan fingerprint density at radius 2 is 1.71 bits per heavy atom. The number of amides is 1. The zero-order chi connectivity index (χ0) is 25.0. The number of hydrogen-bond donors (Lipinski definition) is 1. The first-order chi connectivity index (χ1) is 16.1. The number of rotatable bonds is 8. The van der Waals surface area contributed by atoms with Gasteiger partial charge in [0, 0.05) is 23.9 Å². The third kappa shape index (κ3) is 5.78. The number of sulfonamides is 1. The van der Waals surface area contributed by atoms with Gasteiger partial charge in [0.15, 0.2) is 0 Å².